The number of carbonyl (C=O) groups is 1. The number of hydrogen-bond acceptors (Lipinski definition) is 3. The minimum absolute atomic E-state index is 0.233. The highest BCUT2D eigenvalue weighted by atomic mass is 19.1. The third kappa shape index (κ3) is 2.13. The summed E-state index contributed by atoms with van der Waals surface area (Å²) in [6.07, 6.45) is 0. The fourth-order valence-corrected chi connectivity index (χ4v) is 1.53. The Morgan fingerprint density at radius 1 is 1.35 bits per heavy atom. The standard InChI is InChI=1S/C12H11FN2O2/c1-17-12(16)9-6-10(15-11(9)14)7-2-4-8(13)5-3-7/h2-6,15H,14H2,1H3. The number of anilines is 1. The number of methoxy groups -OCH3 is 1. The Morgan fingerprint density at radius 3 is 2.59 bits per heavy atom. The van der Waals surface area contributed by atoms with Gasteiger partial charge in [-0.2, -0.15) is 0 Å². The largest absolute Gasteiger partial charge is 0.465 e. The van der Waals surface area contributed by atoms with E-state index in [2.05, 4.69) is 9.72 Å². The number of aromatic amines is 1. The van der Waals surface area contributed by atoms with Crippen molar-refractivity contribution in [2.24, 2.45) is 0 Å². The molecule has 0 fully saturated rings. The summed E-state index contributed by atoms with van der Waals surface area (Å²) in [6.45, 7) is 0. The number of H-pyrrole nitrogens is 1. The average Bonchev–Trinajstić information content (AvgIpc) is 2.71. The molecule has 0 aliphatic carbocycles. The van der Waals surface area contributed by atoms with Gasteiger partial charge >= 0.3 is 5.97 Å². The predicted octanol–water partition coefficient (Wildman–Crippen LogP) is 2.19. The van der Waals surface area contributed by atoms with Gasteiger partial charge in [0.15, 0.2) is 0 Å². The summed E-state index contributed by atoms with van der Waals surface area (Å²) in [6, 6.07) is 7.45. The number of nitrogens with one attached hydrogen (secondary N) is 1. The summed E-state index contributed by atoms with van der Waals surface area (Å²) < 4.78 is 17.3. The molecule has 0 saturated carbocycles. The van der Waals surface area contributed by atoms with E-state index >= 15 is 0 Å². The Labute approximate surface area is 97.2 Å². The van der Waals surface area contributed by atoms with Gasteiger partial charge in [-0.15, -0.1) is 0 Å². The van der Waals surface area contributed by atoms with Crippen LogP contribution in [-0.4, -0.2) is 18.1 Å². The molecule has 5 heteroatoms. The van der Waals surface area contributed by atoms with Crippen LogP contribution in [0.2, 0.25) is 0 Å². The second-order valence-corrected chi connectivity index (χ2v) is 3.51. The predicted molar refractivity (Wildman–Crippen MR) is 61.9 cm³/mol. The number of benzene rings is 1. The highest BCUT2D eigenvalue weighted by Crippen LogP contribution is 2.24. The molecule has 0 atom stereocenters. The Bertz CT molecular complexity index is 546. The van der Waals surface area contributed by atoms with Crippen LogP contribution in [0.15, 0.2) is 30.3 Å². The van der Waals surface area contributed by atoms with Gasteiger partial charge in [-0.05, 0) is 35.9 Å². The third-order valence-corrected chi connectivity index (χ3v) is 2.41. The summed E-state index contributed by atoms with van der Waals surface area (Å²) in [4.78, 5) is 14.2. The van der Waals surface area contributed by atoms with Gasteiger partial charge in [0.2, 0.25) is 0 Å². The number of esters is 1. The van der Waals surface area contributed by atoms with E-state index in [0.717, 1.165) is 5.56 Å². The normalized spacial score (nSPS) is 10.2. The lowest BCUT2D eigenvalue weighted by molar-refractivity contribution is 0.0602. The number of ether oxygens (including phenoxy) is 1. The third-order valence-electron chi connectivity index (χ3n) is 2.41. The van der Waals surface area contributed by atoms with Crippen LogP contribution in [0.3, 0.4) is 0 Å². The first-order valence-electron chi connectivity index (χ1n) is 4.94. The second-order valence-electron chi connectivity index (χ2n) is 3.51. The zero-order valence-corrected chi connectivity index (χ0v) is 9.16. The number of nitrogens with two attached hydrogens (primary N) is 1. The molecule has 0 spiro atoms. The lowest BCUT2D eigenvalue weighted by atomic mass is 10.1. The van der Waals surface area contributed by atoms with Crippen molar-refractivity contribution in [1.82, 2.24) is 4.98 Å². The molecule has 0 bridgehead atoms. The van der Waals surface area contributed by atoms with Crippen LogP contribution in [0.5, 0.6) is 0 Å². The van der Waals surface area contributed by atoms with Crippen molar-refractivity contribution in [3.63, 3.8) is 0 Å². The average molecular weight is 234 g/mol. The lowest BCUT2D eigenvalue weighted by Crippen LogP contribution is -2.02. The Morgan fingerprint density at radius 2 is 2.00 bits per heavy atom. The quantitative estimate of drug-likeness (QED) is 0.782. The molecular weight excluding hydrogens is 223 g/mol. The summed E-state index contributed by atoms with van der Waals surface area (Å²) in [5.41, 5.74) is 7.31. The second kappa shape index (κ2) is 4.29. The number of nitrogen functional groups attached to an aromatic ring is 1. The van der Waals surface area contributed by atoms with Crippen molar-refractivity contribution in [2.75, 3.05) is 12.8 Å². The summed E-state index contributed by atoms with van der Waals surface area (Å²) >= 11 is 0. The van der Waals surface area contributed by atoms with Gasteiger partial charge in [-0.3, -0.25) is 0 Å². The van der Waals surface area contributed by atoms with E-state index < -0.39 is 5.97 Å². The highest BCUT2D eigenvalue weighted by molar-refractivity contribution is 5.96. The summed E-state index contributed by atoms with van der Waals surface area (Å²) in [5, 5.41) is 0. The highest BCUT2D eigenvalue weighted by Gasteiger charge is 2.14. The van der Waals surface area contributed by atoms with Gasteiger partial charge in [0, 0.05) is 5.69 Å². The van der Waals surface area contributed by atoms with Crippen LogP contribution in [-0.2, 0) is 4.74 Å². The SMILES string of the molecule is COC(=O)c1cc(-c2ccc(F)cc2)[nH]c1N. The molecule has 17 heavy (non-hydrogen) atoms. The zero-order valence-electron chi connectivity index (χ0n) is 9.16. The fraction of sp³-hybridized carbons (Fsp3) is 0.0833. The first-order chi connectivity index (χ1) is 8.11. The van der Waals surface area contributed by atoms with Crippen molar-refractivity contribution < 1.29 is 13.9 Å². The van der Waals surface area contributed by atoms with Crippen LogP contribution < -0.4 is 5.73 Å². The van der Waals surface area contributed by atoms with E-state index in [9.17, 15) is 9.18 Å². The molecule has 1 aromatic heterocycles. The molecule has 0 amide bonds. The van der Waals surface area contributed by atoms with E-state index in [1.54, 1.807) is 18.2 Å². The topological polar surface area (TPSA) is 68.1 Å². The van der Waals surface area contributed by atoms with Crippen molar-refractivity contribution >= 4 is 11.8 Å². The summed E-state index contributed by atoms with van der Waals surface area (Å²) in [5.74, 6) is -0.593. The van der Waals surface area contributed by atoms with Gasteiger partial charge in [0.1, 0.15) is 17.2 Å². The van der Waals surface area contributed by atoms with Crippen LogP contribution in [0, 0.1) is 5.82 Å². The minimum atomic E-state index is -0.507. The number of carbonyl (C=O) groups excluding carboxylic acids is 1. The smallest absolute Gasteiger partial charge is 0.341 e. The van der Waals surface area contributed by atoms with Gasteiger partial charge in [-0.1, -0.05) is 0 Å². The van der Waals surface area contributed by atoms with Crippen molar-refractivity contribution in [2.45, 2.75) is 0 Å². The van der Waals surface area contributed by atoms with E-state index in [0.29, 0.717) is 5.69 Å². The maximum Gasteiger partial charge on any atom is 0.341 e. The molecule has 0 aliphatic rings. The molecule has 3 N–H and O–H groups in total. The number of halogens is 1. The molecule has 88 valence electrons. The van der Waals surface area contributed by atoms with Crippen LogP contribution >= 0.6 is 0 Å². The van der Waals surface area contributed by atoms with Crippen LogP contribution in [0.1, 0.15) is 10.4 Å². The molecule has 1 aromatic carbocycles. The molecule has 4 nitrogen and oxygen atoms in total. The number of aromatic nitrogens is 1. The molecule has 0 radical (unpaired) electrons. The van der Waals surface area contributed by atoms with E-state index in [4.69, 9.17) is 5.73 Å². The van der Waals surface area contributed by atoms with Gasteiger partial charge in [-0.25, -0.2) is 9.18 Å². The van der Waals surface area contributed by atoms with Crippen LogP contribution in [0.4, 0.5) is 10.2 Å². The van der Waals surface area contributed by atoms with Crippen molar-refractivity contribution in [3.05, 3.63) is 41.7 Å². The maximum atomic E-state index is 12.8. The zero-order chi connectivity index (χ0) is 12.4. The monoisotopic (exact) mass is 234 g/mol. The molecule has 0 unspecified atom stereocenters. The fourth-order valence-electron chi connectivity index (χ4n) is 1.53. The summed E-state index contributed by atoms with van der Waals surface area (Å²) in [7, 11) is 1.28. The molecule has 2 rings (SSSR count). The first kappa shape index (κ1) is 11.2. The van der Waals surface area contributed by atoms with Gasteiger partial charge < -0.3 is 15.5 Å². The van der Waals surface area contributed by atoms with Gasteiger partial charge in [0.25, 0.3) is 0 Å². The molecular formula is C12H11FN2O2. The molecule has 0 aliphatic heterocycles. The first-order valence-corrected chi connectivity index (χ1v) is 4.94. The van der Waals surface area contributed by atoms with E-state index in [1.807, 2.05) is 0 Å². The number of rotatable bonds is 2. The van der Waals surface area contributed by atoms with E-state index in [1.165, 1.54) is 19.2 Å². The van der Waals surface area contributed by atoms with E-state index in [-0.39, 0.29) is 17.2 Å². The Hall–Kier alpha value is -2.30. The molecule has 0 saturated heterocycles. The van der Waals surface area contributed by atoms with Gasteiger partial charge in [0.05, 0.1) is 7.11 Å². The lowest BCUT2D eigenvalue weighted by Gasteiger charge is -1.96. The maximum absolute atomic E-state index is 12.8. The number of hydrogen-bond donors (Lipinski definition) is 2. The van der Waals surface area contributed by atoms with Crippen molar-refractivity contribution in [1.29, 1.82) is 0 Å². The Balaban J connectivity index is 2.41. The van der Waals surface area contributed by atoms with Crippen molar-refractivity contribution in [3.8, 4) is 11.3 Å². The molecule has 2 aromatic rings. The minimum Gasteiger partial charge on any atom is -0.465 e. The Kier molecular flexibility index (Phi) is 2.82. The van der Waals surface area contributed by atoms with Crippen LogP contribution in [0.25, 0.3) is 11.3 Å². The molecule has 1 heterocycles.